The van der Waals surface area contributed by atoms with Crippen molar-refractivity contribution in [3.05, 3.63) is 54.1 Å². The zero-order valence-corrected chi connectivity index (χ0v) is 18.3. The van der Waals surface area contributed by atoms with Gasteiger partial charge in [0.15, 0.2) is 0 Å². The summed E-state index contributed by atoms with van der Waals surface area (Å²) >= 11 is 0. The van der Waals surface area contributed by atoms with E-state index in [2.05, 4.69) is 9.62 Å². The highest BCUT2D eigenvalue weighted by Gasteiger charge is 2.16. The number of sulfonamides is 1. The molecule has 1 heterocycles. The Morgan fingerprint density at radius 3 is 2.30 bits per heavy atom. The second-order valence-corrected chi connectivity index (χ2v) is 9.31. The third kappa shape index (κ3) is 6.43. The van der Waals surface area contributed by atoms with E-state index in [1.165, 1.54) is 12.1 Å². The van der Waals surface area contributed by atoms with E-state index in [0.29, 0.717) is 17.9 Å². The van der Waals surface area contributed by atoms with Crippen molar-refractivity contribution in [3.8, 4) is 5.75 Å². The highest BCUT2D eigenvalue weighted by Crippen LogP contribution is 2.23. The van der Waals surface area contributed by atoms with E-state index in [9.17, 15) is 13.5 Å². The fraction of sp³-hybridized carbons (Fsp3) is 0.455. The van der Waals surface area contributed by atoms with E-state index in [4.69, 9.17) is 9.47 Å². The van der Waals surface area contributed by atoms with Crippen LogP contribution in [0.1, 0.15) is 31.9 Å². The molecule has 0 aliphatic carbocycles. The number of aliphatic hydroxyl groups is 1. The second-order valence-electron chi connectivity index (χ2n) is 7.62. The van der Waals surface area contributed by atoms with E-state index in [1.54, 1.807) is 36.4 Å². The summed E-state index contributed by atoms with van der Waals surface area (Å²) in [6, 6.07) is 13.2. The molecule has 0 radical (unpaired) electrons. The predicted octanol–water partition coefficient (Wildman–Crippen LogP) is 3.03. The molecule has 1 fully saturated rings. The first-order valence-electron chi connectivity index (χ1n) is 10.2. The fourth-order valence-electron chi connectivity index (χ4n) is 3.25. The van der Waals surface area contributed by atoms with Gasteiger partial charge in [-0.25, -0.2) is 8.42 Å². The second kappa shape index (κ2) is 10.3. The summed E-state index contributed by atoms with van der Waals surface area (Å²) in [7, 11) is -3.70. The van der Waals surface area contributed by atoms with Crippen LogP contribution in [0.3, 0.4) is 0 Å². The Morgan fingerprint density at radius 2 is 1.70 bits per heavy atom. The zero-order chi connectivity index (χ0) is 21.6. The summed E-state index contributed by atoms with van der Waals surface area (Å²) in [6.45, 7) is 7.87. The molecule has 30 heavy (non-hydrogen) atoms. The molecular formula is C22H30N2O5S. The van der Waals surface area contributed by atoms with Crippen molar-refractivity contribution in [3.63, 3.8) is 0 Å². The molecule has 8 heteroatoms. The minimum atomic E-state index is -3.70. The van der Waals surface area contributed by atoms with Gasteiger partial charge in [0.05, 0.1) is 30.3 Å². The standard InChI is InChI=1S/C22H30N2O5S/c1-17(2)29-20-7-9-21(10-8-20)30(26,27)23-19-5-3-18(4-6-19)22(25)11-12-24-13-15-28-16-14-24/h3-10,17,22-23,25H,11-16H2,1-2H3. The van der Waals surface area contributed by atoms with E-state index >= 15 is 0 Å². The van der Waals surface area contributed by atoms with Gasteiger partial charge in [0, 0.05) is 25.3 Å². The molecule has 1 saturated heterocycles. The molecule has 1 aliphatic heterocycles. The van der Waals surface area contributed by atoms with Crippen LogP contribution in [0.15, 0.2) is 53.4 Å². The zero-order valence-electron chi connectivity index (χ0n) is 17.5. The first-order valence-corrected chi connectivity index (χ1v) is 11.7. The lowest BCUT2D eigenvalue weighted by atomic mass is 10.1. The summed E-state index contributed by atoms with van der Waals surface area (Å²) in [5, 5.41) is 10.4. The molecule has 0 bridgehead atoms. The van der Waals surface area contributed by atoms with Gasteiger partial charge in [-0.1, -0.05) is 12.1 Å². The number of anilines is 1. The van der Waals surface area contributed by atoms with Crippen molar-refractivity contribution in [2.45, 2.75) is 37.4 Å². The van der Waals surface area contributed by atoms with Crippen LogP contribution < -0.4 is 9.46 Å². The summed E-state index contributed by atoms with van der Waals surface area (Å²) in [5.41, 5.74) is 1.21. The molecule has 1 unspecified atom stereocenters. The van der Waals surface area contributed by atoms with E-state index in [0.717, 1.165) is 38.4 Å². The molecule has 0 saturated carbocycles. The molecule has 7 nitrogen and oxygen atoms in total. The van der Waals surface area contributed by atoms with Crippen molar-refractivity contribution in [2.75, 3.05) is 37.6 Å². The molecule has 1 atom stereocenters. The number of nitrogens with zero attached hydrogens (tertiary/aromatic N) is 1. The molecule has 0 amide bonds. The lowest BCUT2D eigenvalue weighted by Gasteiger charge is -2.27. The Labute approximate surface area is 178 Å². The van der Waals surface area contributed by atoms with Gasteiger partial charge in [-0.05, 0) is 62.2 Å². The first kappa shape index (κ1) is 22.6. The number of hydrogen-bond donors (Lipinski definition) is 2. The third-order valence-electron chi connectivity index (χ3n) is 4.88. The monoisotopic (exact) mass is 434 g/mol. The average Bonchev–Trinajstić information content (AvgIpc) is 2.73. The molecular weight excluding hydrogens is 404 g/mol. The van der Waals surface area contributed by atoms with Gasteiger partial charge in [0.25, 0.3) is 10.0 Å². The van der Waals surface area contributed by atoms with E-state index in [-0.39, 0.29) is 11.0 Å². The molecule has 2 aromatic carbocycles. The van der Waals surface area contributed by atoms with Crippen LogP contribution >= 0.6 is 0 Å². The van der Waals surface area contributed by atoms with Crippen LogP contribution in [0.5, 0.6) is 5.75 Å². The number of benzene rings is 2. The highest BCUT2D eigenvalue weighted by atomic mass is 32.2. The summed E-state index contributed by atoms with van der Waals surface area (Å²) in [4.78, 5) is 2.43. The lowest BCUT2D eigenvalue weighted by molar-refractivity contribution is 0.0300. The Morgan fingerprint density at radius 1 is 1.07 bits per heavy atom. The Balaban J connectivity index is 1.57. The number of rotatable bonds is 9. The van der Waals surface area contributed by atoms with Crippen molar-refractivity contribution in [1.29, 1.82) is 0 Å². The summed E-state index contributed by atoms with van der Waals surface area (Å²) in [5.74, 6) is 0.624. The van der Waals surface area contributed by atoms with Crippen molar-refractivity contribution in [1.82, 2.24) is 4.90 Å². The van der Waals surface area contributed by atoms with Crippen LogP contribution in [-0.4, -0.2) is 57.4 Å². The molecule has 3 rings (SSSR count). The van der Waals surface area contributed by atoms with Crippen LogP contribution in [0.4, 0.5) is 5.69 Å². The molecule has 2 N–H and O–H groups in total. The fourth-order valence-corrected chi connectivity index (χ4v) is 4.31. The van der Waals surface area contributed by atoms with Crippen LogP contribution in [0.25, 0.3) is 0 Å². The topological polar surface area (TPSA) is 88.1 Å². The third-order valence-corrected chi connectivity index (χ3v) is 6.27. The Kier molecular flexibility index (Phi) is 7.71. The number of hydrogen-bond acceptors (Lipinski definition) is 6. The largest absolute Gasteiger partial charge is 0.491 e. The van der Waals surface area contributed by atoms with Gasteiger partial charge in [0.2, 0.25) is 0 Å². The Bertz CT molecular complexity index is 892. The number of nitrogens with one attached hydrogen (secondary N) is 1. The lowest BCUT2D eigenvalue weighted by Crippen LogP contribution is -2.37. The van der Waals surface area contributed by atoms with Crippen LogP contribution in [0.2, 0.25) is 0 Å². The molecule has 0 spiro atoms. The van der Waals surface area contributed by atoms with Crippen molar-refractivity contribution < 1.29 is 23.0 Å². The summed E-state index contributed by atoms with van der Waals surface area (Å²) < 4.78 is 38.7. The first-order chi connectivity index (χ1) is 14.3. The van der Waals surface area contributed by atoms with Crippen molar-refractivity contribution >= 4 is 15.7 Å². The van der Waals surface area contributed by atoms with Gasteiger partial charge in [-0.15, -0.1) is 0 Å². The van der Waals surface area contributed by atoms with Gasteiger partial charge in [0.1, 0.15) is 5.75 Å². The van der Waals surface area contributed by atoms with Gasteiger partial charge in [-0.2, -0.15) is 0 Å². The number of ether oxygens (including phenoxy) is 2. The smallest absolute Gasteiger partial charge is 0.261 e. The van der Waals surface area contributed by atoms with Crippen LogP contribution in [0, 0.1) is 0 Å². The maximum Gasteiger partial charge on any atom is 0.261 e. The van der Waals surface area contributed by atoms with Crippen molar-refractivity contribution in [2.24, 2.45) is 0 Å². The van der Waals surface area contributed by atoms with Crippen LogP contribution in [-0.2, 0) is 14.8 Å². The van der Waals surface area contributed by atoms with Gasteiger partial charge < -0.3 is 14.6 Å². The van der Waals surface area contributed by atoms with E-state index in [1.807, 2.05) is 13.8 Å². The predicted molar refractivity (Wildman–Crippen MR) is 116 cm³/mol. The van der Waals surface area contributed by atoms with Gasteiger partial charge >= 0.3 is 0 Å². The highest BCUT2D eigenvalue weighted by molar-refractivity contribution is 7.92. The maximum atomic E-state index is 12.6. The van der Waals surface area contributed by atoms with E-state index < -0.39 is 16.1 Å². The van der Waals surface area contributed by atoms with Gasteiger partial charge in [-0.3, -0.25) is 9.62 Å². The minimum Gasteiger partial charge on any atom is -0.491 e. The number of aliphatic hydroxyl groups excluding tert-OH is 1. The SMILES string of the molecule is CC(C)Oc1ccc(S(=O)(=O)Nc2ccc(C(O)CCN3CCOCC3)cc2)cc1. The normalized spacial score (nSPS) is 16.4. The maximum absolute atomic E-state index is 12.6. The average molecular weight is 435 g/mol. The number of morpholine rings is 1. The quantitative estimate of drug-likeness (QED) is 0.631. The molecule has 2 aromatic rings. The Hall–Kier alpha value is -2.13. The molecule has 0 aromatic heterocycles. The summed E-state index contributed by atoms with van der Waals surface area (Å²) in [6.07, 6.45) is 0.0518. The minimum absolute atomic E-state index is 0.0216. The molecule has 164 valence electrons. The molecule has 1 aliphatic rings.